The van der Waals surface area contributed by atoms with Crippen LogP contribution in [0.25, 0.3) is 0 Å². The van der Waals surface area contributed by atoms with E-state index in [1.165, 1.54) is 45.1 Å². The average Bonchev–Trinajstić information content (AvgIpc) is 2.98. The Morgan fingerprint density at radius 1 is 1.21 bits per heavy atom. The standard InChI is InChI=1S/C12H26N2/c1-3-4-5-6-9-13-11(2)10-14-12-7-8-12/h11-14H,3-10H2,1-2H3. The number of unbranched alkanes of at least 4 members (excludes halogenated alkanes) is 3. The summed E-state index contributed by atoms with van der Waals surface area (Å²) in [4.78, 5) is 0. The van der Waals surface area contributed by atoms with Crippen molar-refractivity contribution in [3.05, 3.63) is 0 Å². The van der Waals surface area contributed by atoms with Gasteiger partial charge < -0.3 is 10.6 Å². The van der Waals surface area contributed by atoms with Crippen LogP contribution in [0.2, 0.25) is 0 Å². The molecule has 0 radical (unpaired) electrons. The molecule has 1 saturated carbocycles. The van der Waals surface area contributed by atoms with Gasteiger partial charge in [-0.05, 0) is 32.7 Å². The van der Waals surface area contributed by atoms with Gasteiger partial charge in [-0.25, -0.2) is 0 Å². The molecule has 1 atom stereocenters. The summed E-state index contributed by atoms with van der Waals surface area (Å²) >= 11 is 0. The molecule has 1 rings (SSSR count). The van der Waals surface area contributed by atoms with Crippen LogP contribution in [0.15, 0.2) is 0 Å². The Labute approximate surface area is 88.8 Å². The van der Waals surface area contributed by atoms with E-state index in [2.05, 4.69) is 24.5 Å². The predicted molar refractivity (Wildman–Crippen MR) is 62.6 cm³/mol. The number of hydrogen-bond acceptors (Lipinski definition) is 2. The van der Waals surface area contributed by atoms with Crippen LogP contribution >= 0.6 is 0 Å². The second kappa shape index (κ2) is 7.24. The molecule has 0 aromatic carbocycles. The SMILES string of the molecule is CCCCCCNC(C)CNC1CC1. The Hall–Kier alpha value is -0.0800. The van der Waals surface area contributed by atoms with Gasteiger partial charge in [0.1, 0.15) is 0 Å². The lowest BCUT2D eigenvalue weighted by molar-refractivity contribution is 0.485. The Bertz CT molecular complexity index is 132. The summed E-state index contributed by atoms with van der Waals surface area (Å²) in [5, 5.41) is 7.11. The van der Waals surface area contributed by atoms with Gasteiger partial charge >= 0.3 is 0 Å². The smallest absolute Gasteiger partial charge is 0.0164 e. The van der Waals surface area contributed by atoms with E-state index < -0.39 is 0 Å². The second-order valence-electron chi connectivity index (χ2n) is 4.60. The first-order valence-corrected chi connectivity index (χ1v) is 6.29. The third kappa shape index (κ3) is 6.39. The van der Waals surface area contributed by atoms with Gasteiger partial charge in [-0.1, -0.05) is 26.2 Å². The van der Waals surface area contributed by atoms with Crippen LogP contribution in [0.4, 0.5) is 0 Å². The van der Waals surface area contributed by atoms with Gasteiger partial charge in [-0.2, -0.15) is 0 Å². The molecule has 0 saturated heterocycles. The van der Waals surface area contributed by atoms with E-state index in [1.54, 1.807) is 0 Å². The highest BCUT2D eigenvalue weighted by atomic mass is 15.0. The minimum atomic E-state index is 0.636. The van der Waals surface area contributed by atoms with E-state index in [0.717, 1.165) is 12.6 Å². The lowest BCUT2D eigenvalue weighted by Gasteiger charge is -2.14. The average molecular weight is 198 g/mol. The van der Waals surface area contributed by atoms with Crippen LogP contribution in [0.1, 0.15) is 52.4 Å². The molecule has 1 unspecified atom stereocenters. The van der Waals surface area contributed by atoms with Gasteiger partial charge in [0.25, 0.3) is 0 Å². The van der Waals surface area contributed by atoms with Crippen molar-refractivity contribution in [1.82, 2.24) is 10.6 Å². The molecule has 0 aromatic rings. The molecule has 0 aliphatic heterocycles. The largest absolute Gasteiger partial charge is 0.313 e. The van der Waals surface area contributed by atoms with Crippen LogP contribution in [-0.2, 0) is 0 Å². The van der Waals surface area contributed by atoms with Crippen molar-refractivity contribution >= 4 is 0 Å². The molecule has 0 heterocycles. The van der Waals surface area contributed by atoms with Crippen LogP contribution in [0, 0.1) is 0 Å². The highest BCUT2D eigenvalue weighted by molar-refractivity contribution is 4.82. The van der Waals surface area contributed by atoms with Crippen molar-refractivity contribution in [3.63, 3.8) is 0 Å². The summed E-state index contributed by atoms with van der Waals surface area (Å²) in [6, 6.07) is 1.48. The van der Waals surface area contributed by atoms with Crippen molar-refractivity contribution < 1.29 is 0 Å². The molecule has 0 bridgehead atoms. The van der Waals surface area contributed by atoms with Gasteiger partial charge in [0.15, 0.2) is 0 Å². The first-order valence-electron chi connectivity index (χ1n) is 6.29. The Morgan fingerprint density at radius 2 is 2.00 bits per heavy atom. The molecule has 84 valence electrons. The maximum Gasteiger partial charge on any atom is 0.0164 e. The lowest BCUT2D eigenvalue weighted by atomic mass is 10.2. The molecule has 2 heteroatoms. The van der Waals surface area contributed by atoms with Crippen molar-refractivity contribution in [3.8, 4) is 0 Å². The molecule has 1 aliphatic carbocycles. The molecule has 1 aliphatic rings. The summed E-state index contributed by atoms with van der Waals surface area (Å²) < 4.78 is 0. The number of hydrogen-bond donors (Lipinski definition) is 2. The molecule has 2 N–H and O–H groups in total. The van der Waals surface area contributed by atoms with E-state index in [4.69, 9.17) is 0 Å². The highest BCUT2D eigenvalue weighted by Gasteiger charge is 2.20. The zero-order chi connectivity index (χ0) is 10.2. The fourth-order valence-electron chi connectivity index (χ4n) is 1.60. The topological polar surface area (TPSA) is 24.1 Å². The Kier molecular flexibility index (Phi) is 6.20. The second-order valence-corrected chi connectivity index (χ2v) is 4.60. The number of rotatable bonds is 9. The van der Waals surface area contributed by atoms with E-state index in [-0.39, 0.29) is 0 Å². The summed E-state index contributed by atoms with van der Waals surface area (Å²) in [6.07, 6.45) is 8.22. The minimum Gasteiger partial charge on any atom is -0.313 e. The van der Waals surface area contributed by atoms with Gasteiger partial charge in [-0.3, -0.25) is 0 Å². The van der Waals surface area contributed by atoms with Crippen molar-refractivity contribution in [2.45, 2.75) is 64.5 Å². The van der Waals surface area contributed by atoms with Crippen LogP contribution in [0.3, 0.4) is 0 Å². The summed E-state index contributed by atoms with van der Waals surface area (Å²) in [5.74, 6) is 0. The molecule has 1 fully saturated rings. The maximum absolute atomic E-state index is 3.56. The molecular formula is C12H26N2. The first-order chi connectivity index (χ1) is 6.83. The lowest BCUT2D eigenvalue weighted by Crippen LogP contribution is -2.37. The summed E-state index contributed by atoms with van der Waals surface area (Å²) in [5.41, 5.74) is 0. The van der Waals surface area contributed by atoms with E-state index in [9.17, 15) is 0 Å². The first kappa shape index (κ1) is 12.0. The summed E-state index contributed by atoms with van der Waals surface area (Å²) in [6.45, 7) is 6.86. The third-order valence-electron chi connectivity index (χ3n) is 2.81. The predicted octanol–water partition coefficient (Wildman–Crippen LogP) is 2.30. The third-order valence-corrected chi connectivity index (χ3v) is 2.81. The Balaban J connectivity index is 1.79. The summed E-state index contributed by atoms with van der Waals surface area (Å²) in [7, 11) is 0. The fraction of sp³-hybridized carbons (Fsp3) is 1.00. The monoisotopic (exact) mass is 198 g/mol. The zero-order valence-electron chi connectivity index (χ0n) is 9.81. The van der Waals surface area contributed by atoms with Crippen molar-refractivity contribution in [1.29, 1.82) is 0 Å². The van der Waals surface area contributed by atoms with Crippen LogP contribution in [0.5, 0.6) is 0 Å². The molecule has 2 nitrogen and oxygen atoms in total. The minimum absolute atomic E-state index is 0.636. The fourth-order valence-corrected chi connectivity index (χ4v) is 1.60. The zero-order valence-corrected chi connectivity index (χ0v) is 9.81. The van der Waals surface area contributed by atoms with E-state index in [0.29, 0.717) is 6.04 Å². The molecule has 0 spiro atoms. The van der Waals surface area contributed by atoms with Gasteiger partial charge in [0.05, 0.1) is 0 Å². The van der Waals surface area contributed by atoms with Gasteiger partial charge in [0, 0.05) is 18.6 Å². The molecule has 0 amide bonds. The molecule has 0 aromatic heterocycles. The van der Waals surface area contributed by atoms with Crippen molar-refractivity contribution in [2.24, 2.45) is 0 Å². The number of nitrogens with one attached hydrogen (secondary N) is 2. The maximum atomic E-state index is 3.56. The quantitative estimate of drug-likeness (QED) is 0.556. The van der Waals surface area contributed by atoms with E-state index >= 15 is 0 Å². The van der Waals surface area contributed by atoms with Crippen LogP contribution in [-0.4, -0.2) is 25.2 Å². The van der Waals surface area contributed by atoms with Gasteiger partial charge in [0.2, 0.25) is 0 Å². The molecule has 14 heavy (non-hydrogen) atoms. The molecular weight excluding hydrogens is 172 g/mol. The van der Waals surface area contributed by atoms with Crippen LogP contribution < -0.4 is 10.6 Å². The highest BCUT2D eigenvalue weighted by Crippen LogP contribution is 2.18. The van der Waals surface area contributed by atoms with E-state index in [1.807, 2.05) is 0 Å². The van der Waals surface area contributed by atoms with Gasteiger partial charge in [-0.15, -0.1) is 0 Å². The Morgan fingerprint density at radius 3 is 2.64 bits per heavy atom. The van der Waals surface area contributed by atoms with Crippen molar-refractivity contribution in [2.75, 3.05) is 13.1 Å². The normalized spacial score (nSPS) is 18.4.